The molecule has 1 fully saturated rings. The molecule has 114 valence electrons. The van der Waals surface area contributed by atoms with E-state index in [1.807, 2.05) is 13.8 Å². The molecule has 1 aliphatic rings. The van der Waals surface area contributed by atoms with Crippen LogP contribution < -0.4 is 4.72 Å². The molecule has 2 N–H and O–H groups in total. The van der Waals surface area contributed by atoms with Crippen molar-refractivity contribution in [2.75, 3.05) is 19.6 Å². The lowest BCUT2D eigenvalue weighted by Crippen LogP contribution is -2.49. The smallest absolute Gasteiger partial charge is 0.279 e. The minimum absolute atomic E-state index is 0.0939. The molecule has 1 rings (SSSR count). The highest BCUT2D eigenvalue weighted by Gasteiger charge is 2.30. The molecule has 19 heavy (non-hydrogen) atoms. The van der Waals surface area contributed by atoms with Gasteiger partial charge in [-0.05, 0) is 24.2 Å². The molecule has 1 aliphatic heterocycles. The van der Waals surface area contributed by atoms with Crippen molar-refractivity contribution in [3.8, 4) is 0 Å². The van der Waals surface area contributed by atoms with Gasteiger partial charge in [0.1, 0.15) is 0 Å². The number of aliphatic hydroxyl groups is 1. The first-order valence-electron chi connectivity index (χ1n) is 7.19. The summed E-state index contributed by atoms with van der Waals surface area (Å²) in [4.78, 5) is 0. The van der Waals surface area contributed by atoms with Crippen LogP contribution in [0.2, 0.25) is 0 Å². The van der Waals surface area contributed by atoms with Gasteiger partial charge in [0.2, 0.25) is 0 Å². The van der Waals surface area contributed by atoms with Gasteiger partial charge in [-0.25, -0.2) is 0 Å². The van der Waals surface area contributed by atoms with Gasteiger partial charge in [-0.3, -0.25) is 0 Å². The van der Waals surface area contributed by atoms with Crippen molar-refractivity contribution in [1.29, 1.82) is 0 Å². The number of aliphatic hydroxyl groups excluding tert-OH is 1. The number of piperidine rings is 1. The molecule has 4 unspecified atom stereocenters. The maximum Gasteiger partial charge on any atom is 0.279 e. The summed E-state index contributed by atoms with van der Waals surface area (Å²) in [6.07, 6.45) is 1.28. The van der Waals surface area contributed by atoms with E-state index >= 15 is 0 Å². The third kappa shape index (κ3) is 5.02. The molecule has 0 saturated carbocycles. The van der Waals surface area contributed by atoms with E-state index in [2.05, 4.69) is 18.6 Å². The maximum atomic E-state index is 12.2. The second kappa shape index (κ2) is 7.02. The van der Waals surface area contributed by atoms with Gasteiger partial charge in [-0.2, -0.15) is 17.4 Å². The third-order valence-electron chi connectivity index (χ3n) is 3.95. The maximum absolute atomic E-state index is 12.2. The van der Waals surface area contributed by atoms with E-state index < -0.39 is 16.3 Å². The Labute approximate surface area is 117 Å². The van der Waals surface area contributed by atoms with Crippen molar-refractivity contribution in [2.24, 2.45) is 17.8 Å². The molecule has 1 heterocycles. The Balaban J connectivity index is 2.56. The van der Waals surface area contributed by atoms with E-state index in [-0.39, 0.29) is 12.5 Å². The van der Waals surface area contributed by atoms with Crippen molar-refractivity contribution in [2.45, 2.75) is 46.6 Å². The lowest BCUT2D eigenvalue weighted by molar-refractivity contribution is 0.117. The van der Waals surface area contributed by atoms with Crippen LogP contribution in [-0.2, 0) is 10.2 Å². The van der Waals surface area contributed by atoms with Gasteiger partial charge < -0.3 is 5.11 Å². The Morgan fingerprint density at radius 3 is 2.32 bits per heavy atom. The van der Waals surface area contributed by atoms with Crippen LogP contribution in [-0.4, -0.2) is 43.6 Å². The van der Waals surface area contributed by atoms with Gasteiger partial charge in [0.25, 0.3) is 10.2 Å². The summed E-state index contributed by atoms with van der Waals surface area (Å²) < 4.78 is 28.4. The van der Waals surface area contributed by atoms with Crippen LogP contribution in [0, 0.1) is 17.8 Å². The Morgan fingerprint density at radius 1 is 1.32 bits per heavy atom. The zero-order valence-corrected chi connectivity index (χ0v) is 13.3. The summed E-state index contributed by atoms with van der Waals surface area (Å²) in [5.41, 5.74) is 0. The standard InChI is InChI=1S/C13H28N2O3S/c1-5-12(4)13(16)7-14-19(17,18)15-8-10(2)6-11(3)9-15/h10-14,16H,5-9H2,1-4H3. The Hall–Kier alpha value is -0.170. The predicted molar refractivity (Wildman–Crippen MR) is 76.9 cm³/mol. The molecule has 0 aliphatic carbocycles. The van der Waals surface area contributed by atoms with Gasteiger partial charge in [-0.15, -0.1) is 0 Å². The summed E-state index contributed by atoms with van der Waals surface area (Å²) >= 11 is 0. The lowest BCUT2D eigenvalue weighted by Gasteiger charge is -2.34. The molecule has 0 bridgehead atoms. The summed E-state index contributed by atoms with van der Waals surface area (Å²) in [5.74, 6) is 0.876. The minimum atomic E-state index is -3.46. The lowest BCUT2D eigenvalue weighted by atomic mass is 9.94. The van der Waals surface area contributed by atoms with Gasteiger partial charge in [0.15, 0.2) is 0 Å². The van der Waals surface area contributed by atoms with Crippen LogP contribution >= 0.6 is 0 Å². The van der Waals surface area contributed by atoms with Crippen molar-refractivity contribution in [1.82, 2.24) is 9.03 Å². The highest BCUT2D eigenvalue weighted by molar-refractivity contribution is 7.87. The van der Waals surface area contributed by atoms with Gasteiger partial charge in [-0.1, -0.05) is 34.1 Å². The van der Waals surface area contributed by atoms with Crippen molar-refractivity contribution >= 4 is 10.2 Å². The van der Waals surface area contributed by atoms with Gasteiger partial charge in [0, 0.05) is 19.6 Å². The fourth-order valence-corrected chi connectivity index (χ4v) is 4.02. The first-order valence-corrected chi connectivity index (χ1v) is 8.63. The van der Waals surface area contributed by atoms with Crippen molar-refractivity contribution in [3.63, 3.8) is 0 Å². The van der Waals surface area contributed by atoms with Gasteiger partial charge in [0.05, 0.1) is 6.10 Å². The quantitative estimate of drug-likeness (QED) is 0.773. The topological polar surface area (TPSA) is 69.6 Å². The van der Waals surface area contributed by atoms with E-state index in [9.17, 15) is 13.5 Å². The average Bonchev–Trinajstić information content (AvgIpc) is 2.33. The molecule has 0 radical (unpaired) electrons. The number of nitrogens with zero attached hydrogens (tertiary/aromatic N) is 1. The molecule has 6 heteroatoms. The summed E-state index contributed by atoms with van der Waals surface area (Å²) in [6, 6.07) is 0. The van der Waals surface area contributed by atoms with Crippen LogP contribution in [0.1, 0.15) is 40.5 Å². The van der Waals surface area contributed by atoms with Crippen LogP contribution in [0.5, 0.6) is 0 Å². The van der Waals surface area contributed by atoms with E-state index in [0.717, 1.165) is 12.8 Å². The van der Waals surface area contributed by atoms with Crippen LogP contribution in [0.3, 0.4) is 0 Å². The number of nitrogens with one attached hydrogen (secondary N) is 1. The first-order chi connectivity index (χ1) is 8.76. The normalized spacial score (nSPS) is 29.1. The summed E-state index contributed by atoms with van der Waals surface area (Å²) in [5, 5.41) is 9.84. The molecular formula is C13H28N2O3S. The molecule has 0 aromatic heterocycles. The van der Waals surface area contributed by atoms with E-state index in [0.29, 0.717) is 24.9 Å². The minimum Gasteiger partial charge on any atom is -0.391 e. The van der Waals surface area contributed by atoms with E-state index in [1.54, 1.807) is 0 Å². The second-order valence-electron chi connectivity index (χ2n) is 6.07. The van der Waals surface area contributed by atoms with Crippen molar-refractivity contribution in [3.05, 3.63) is 0 Å². The SMILES string of the molecule is CCC(C)C(O)CNS(=O)(=O)N1CC(C)CC(C)C1. The monoisotopic (exact) mass is 292 g/mol. The summed E-state index contributed by atoms with van der Waals surface area (Å²) in [7, 11) is -3.46. The Bertz CT molecular complexity index is 362. The second-order valence-corrected chi connectivity index (χ2v) is 7.82. The zero-order chi connectivity index (χ0) is 14.6. The highest BCUT2D eigenvalue weighted by Crippen LogP contribution is 2.22. The van der Waals surface area contributed by atoms with Crippen LogP contribution in [0.15, 0.2) is 0 Å². The van der Waals surface area contributed by atoms with E-state index in [1.165, 1.54) is 4.31 Å². The molecular weight excluding hydrogens is 264 g/mol. The largest absolute Gasteiger partial charge is 0.391 e. The summed E-state index contributed by atoms with van der Waals surface area (Å²) in [6.45, 7) is 9.29. The molecule has 5 nitrogen and oxygen atoms in total. The molecule has 1 saturated heterocycles. The molecule has 0 aromatic carbocycles. The highest BCUT2D eigenvalue weighted by atomic mass is 32.2. The Morgan fingerprint density at radius 2 is 1.84 bits per heavy atom. The molecule has 0 amide bonds. The van der Waals surface area contributed by atoms with Gasteiger partial charge >= 0.3 is 0 Å². The average molecular weight is 292 g/mol. The zero-order valence-electron chi connectivity index (χ0n) is 12.5. The molecule has 0 spiro atoms. The fourth-order valence-electron chi connectivity index (χ4n) is 2.56. The van der Waals surface area contributed by atoms with Crippen LogP contribution in [0.4, 0.5) is 0 Å². The fraction of sp³-hybridized carbons (Fsp3) is 1.00. The Kier molecular flexibility index (Phi) is 6.23. The predicted octanol–water partition coefficient (Wildman–Crippen LogP) is 1.21. The van der Waals surface area contributed by atoms with Crippen LogP contribution in [0.25, 0.3) is 0 Å². The van der Waals surface area contributed by atoms with E-state index in [4.69, 9.17) is 0 Å². The first kappa shape index (κ1) is 16.9. The number of hydrogen-bond acceptors (Lipinski definition) is 3. The third-order valence-corrected chi connectivity index (χ3v) is 5.46. The number of hydrogen-bond donors (Lipinski definition) is 2. The molecule has 0 aromatic rings. The van der Waals surface area contributed by atoms with Crippen molar-refractivity contribution < 1.29 is 13.5 Å². The molecule has 4 atom stereocenters. The number of rotatable bonds is 6.